The number of nitrogens with zero attached hydrogens (tertiary/aromatic N) is 4. The van der Waals surface area contributed by atoms with E-state index in [1.54, 1.807) is 16.0 Å². The third-order valence-electron chi connectivity index (χ3n) is 2.25. The van der Waals surface area contributed by atoms with Gasteiger partial charge in [-0.05, 0) is 13.3 Å². The number of nitrogens with two attached hydrogens (primary N) is 1. The lowest BCUT2D eigenvalue weighted by Crippen LogP contribution is -2.05. The van der Waals surface area contributed by atoms with Crippen LogP contribution in [0.3, 0.4) is 0 Å². The topological polar surface area (TPSA) is 69.6 Å². The number of hydrogen-bond acceptors (Lipinski definition) is 5. The first-order chi connectivity index (χ1) is 7.69. The zero-order valence-corrected chi connectivity index (χ0v) is 10.2. The van der Waals surface area contributed by atoms with Gasteiger partial charge in [-0.25, -0.2) is 9.67 Å². The predicted octanol–water partition coefficient (Wildman–Crippen LogP) is 1.36. The Morgan fingerprint density at radius 2 is 2.38 bits per heavy atom. The second-order valence-corrected chi connectivity index (χ2v) is 4.66. The van der Waals surface area contributed by atoms with E-state index in [4.69, 9.17) is 5.73 Å². The molecule has 0 fully saturated rings. The van der Waals surface area contributed by atoms with Crippen molar-refractivity contribution in [3.05, 3.63) is 28.0 Å². The molecule has 0 radical (unpaired) electrons. The van der Waals surface area contributed by atoms with Gasteiger partial charge in [0.1, 0.15) is 0 Å². The lowest BCUT2D eigenvalue weighted by molar-refractivity contribution is 0.638. The molecule has 16 heavy (non-hydrogen) atoms. The number of rotatable bonds is 4. The van der Waals surface area contributed by atoms with Crippen LogP contribution in [0.25, 0.3) is 0 Å². The lowest BCUT2D eigenvalue weighted by Gasteiger charge is -1.97. The van der Waals surface area contributed by atoms with E-state index in [0.717, 1.165) is 22.8 Å². The van der Waals surface area contributed by atoms with Gasteiger partial charge in [0, 0.05) is 11.4 Å². The Bertz CT molecular complexity index is 459. The van der Waals surface area contributed by atoms with Crippen molar-refractivity contribution in [3.63, 3.8) is 0 Å². The summed E-state index contributed by atoms with van der Waals surface area (Å²) in [6.45, 7) is 4.66. The maximum absolute atomic E-state index is 5.72. The van der Waals surface area contributed by atoms with Crippen LogP contribution in [0.15, 0.2) is 11.6 Å². The molecule has 0 saturated heterocycles. The number of aromatic nitrogens is 4. The first kappa shape index (κ1) is 11.2. The van der Waals surface area contributed by atoms with E-state index < -0.39 is 0 Å². The largest absolute Gasteiger partial charge is 0.323 e. The molecule has 2 aromatic rings. The van der Waals surface area contributed by atoms with Crippen LogP contribution >= 0.6 is 11.3 Å². The van der Waals surface area contributed by atoms with Crippen molar-refractivity contribution in [2.45, 2.75) is 32.9 Å². The first-order valence-corrected chi connectivity index (χ1v) is 6.16. The molecular formula is C10H15N5S. The highest BCUT2D eigenvalue weighted by molar-refractivity contribution is 7.09. The Hall–Kier alpha value is -1.27. The van der Waals surface area contributed by atoms with Crippen LogP contribution in [-0.2, 0) is 13.0 Å². The highest BCUT2D eigenvalue weighted by Crippen LogP contribution is 2.11. The van der Waals surface area contributed by atoms with Gasteiger partial charge in [0.25, 0.3) is 0 Å². The molecule has 5 nitrogen and oxygen atoms in total. The van der Waals surface area contributed by atoms with Gasteiger partial charge < -0.3 is 5.73 Å². The molecule has 0 aromatic carbocycles. The molecule has 2 aromatic heterocycles. The minimum atomic E-state index is -0.0737. The van der Waals surface area contributed by atoms with Crippen LogP contribution in [-0.4, -0.2) is 20.0 Å². The summed E-state index contributed by atoms with van der Waals surface area (Å²) >= 11 is 1.68. The molecule has 86 valence electrons. The Labute approximate surface area is 98.3 Å². The average molecular weight is 237 g/mol. The molecule has 0 amide bonds. The van der Waals surface area contributed by atoms with Crippen molar-refractivity contribution in [3.8, 4) is 0 Å². The fourth-order valence-electron chi connectivity index (χ4n) is 1.35. The first-order valence-electron chi connectivity index (χ1n) is 5.28. The molecule has 1 atom stereocenters. The Morgan fingerprint density at radius 3 is 2.94 bits per heavy atom. The maximum atomic E-state index is 5.72. The van der Waals surface area contributed by atoms with E-state index in [1.807, 2.05) is 13.1 Å². The fraction of sp³-hybridized carbons (Fsp3) is 0.500. The van der Waals surface area contributed by atoms with Crippen molar-refractivity contribution < 1.29 is 0 Å². The summed E-state index contributed by atoms with van der Waals surface area (Å²) in [7, 11) is 0. The van der Waals surface area contributed by atoms with Gasteiger partial charge in [0.2, 0.25) is 0 Å². The molecule has 1 unspecified atom stereocenters. The highest BCUT2D eigenvalue weighted by atomic mass is 32.1. The molecule has 0 saturated carbocycles. The number of hydrogen-bond donors (Lipinski definition) is 1. The number of aryl methyl sites for hydroxylation is 1. The zero-order chi connectivity index (χ0) is 11.5. The lowest BCUT2D eigenvalue weighted by atomic mass is 10.3. The molecule has 0 aliphatic heterocycles. The van der Waals surface area contributed by atoms with Gasteiger partial charge in [-0.2, -0.15) is 0 Å². The second-order valence-electron chi connectivity index (χ2n) is 3.72. The van der Waals surface area contributed by atoms with E-state index in [-0.39, 0.29) is 6.04 Å². The summed E-state index contributed by atoms with van der Waals surface area (Å²) in [6.07, 6.45) is 2.85. The summed E-state index contributed by atoms with van der Waals surface area (Å²) in [5, 5.41) is 11.2. The van der Waals surface area contributed by atoms with Crippen molar-refractivity contribution in [1.82, 2.24) is 20.0 Å². The monoisotopic (exact) mass is 237 g/mol. The molecule has 2 heterocycles. The van der Waals surface area contributed by atoms with E-state index in [0.29, 0.717) is 6.54 Å². The van der Waals surface area contributed by atoms with Gasteiger partial charge in [-0.1, -0.05) is 12.1 Å². The van der Waals surface area contributed by atoms with E-state index in [9.17, 15) is 0 Å². The van der Waals surface area contributed by atoms with Crippen LogP contribution in [0.4, 0.5) is 0 Å². The van der Waals surface area contributed by atoms with Gasteiger partial charge >= 0.3 is 0 Å². The maximum Gasteiger partial charge on any atom is 0.0991 e. The van der Waals surface area contributed by atoms with Crippen LogP contribution in [0, 0.1) is 0 Å². The molecule has 0 spiro atoms. The third kappa shape index (κ3) is 2.45. The summed E-state index contributed by atoms with van der Waals surface area (Å²) in [6, 6.07) is -0.0737. The molecule has 2 rings (SSSR count). The summed E-state index contributed by atoms with van der Waals surface area (Å²) in [4.78, 5) is 4.48. The van der Waals surface area contributed by atoms with Crippen LogP contribution in [0.1, 0.15) is 36.3 Å². The van der Waals surface area contributed by atoms with E-state index in [2.05, 4.69) is 27.6 Å². The Morgan fingerprint density at radius 1 is 1.56 bits per heavy atom. The summed E-state index contributed by atoms with van der Waals surface area (Å²) < 4.78 is 1.77. The standard InChI is InChI=1S/C10H15N5S/c1-3-10-12-8(6-16-10)4-15-5-9(7(2)11)13-14-15/h5-7H,3-4,11H2,1-2H3. The van der Waals surface area contributed by atoms with Crippen LogP contribution in [0.2, 0.25) is 0 Å². The van der Waals surface area contributed by atoms with Crippen LogP contribution in [0.5, 0.6) is 0 Å². The molecule has 0 aliphatic rings. The number of thiazole rings is 1. The quantitative estimate of drug-likeness (QED) is 0.871. The predicted molar refractivity (Wildman–Crippen MR) is 63.2 cm³/mol. The molecule has 0 bridgehead atoms. The minimum Gasteiger partial charge on any atom is -0.323 e. The molecule has 6 heteroatoms. The van der Waals surface area contributed by atoms with Gasteiger partial charge in [0.05, 0.1) is 29.1 Å². The smallest absolute Gasteiger partial charge is 0.0991 e. The highest BCUT2D eigenvalue weighted by Gasteiger charge is 2.07. The minimum absolute atomic E-state index is 0.0737. The molecular weight excluding hydrogens is 222 g/mol. The normalized spacial score (nSPS) is 12.9. The average Bonchev–Trinajstić information content (AvgIpc) is 2.87. The van der Waals surface area contributed by atoms with Crippen molar-refractivity contribution in [1.29, 1.82) is 0 Å². The van der Waals surface area contributed by atoms with Crippen molar-refractivity contribution in [2.24, 2.45) is 5.73 Å². The summed E-state index contributed by atoms with van der Waals surface area (Å²) in [5.74, 6) is 0. The van der Waals surface area contributed by atoms with E-state index >= 15 is 0 Å². The zero-order valence-electron chi connectivity index (χ0n) is 9.42. The second kappa shape index (κ2) is 4.71. The Balaban J connectivity index is 2.08. The van der Waals surface area contributed by atoms with Crippen molar-refractivity contribution in [2.75, 3.05) is 0 Å². The van der Waals surface area contributed by atoms with Gasteiger partial charge in [-0.3, -0.25) is 0 Å². The fourth-order valence-corrected chi connectivity index (χ4v) is 2.09. The van der Waals surface area contributed by atoms with Gasteiger partial charge in [0.15, 0.2) is 0 Å². The molecule has 2 N–H and O–H groups in total. The van der Waals surface area contributed by atoms with Crippen molar-refractivity contribution >= 4 is 11.3 Å². The van der Waals surface area contributed by atoms with Crippen LogP contribution < -0.4 is 5.73 Å². The summed E-state index contributed by atoms with van der Waals surface area (Å²) in [5.41, 5.74) is 7.56. The van der Waals surface area contributed by atoms with E-state index in [1.165, 1.54) is 0 Å². The SMILES string of the molecule is CCc1nc(Cn2cc(C(C)N)nn2)cs1. The molecule has 0 aliphatic carbocycles. The van der Waals surface area contributed by atoms with Gasteiger partial charge in [-0.15, -0.1) is 16.4 Å². The Kier molecular flexibility index (Phi) is 3.31. The third-order valence-corrected chi connectivity index (χ3v) is 3.29.